The molecule has 3 aliphatic rings. The molecule has 4 nitrogen and oxygen atoms in total. The first-order valence-electron chi connectivity index (χ1n) is 9.16. The van der Waals surface area contributed by atoms with Crippen LogP contribution in [0.25, 0.3) is 0 Å². The predicted octanol–water partition coefficient (Wildman–Crippen LogP) is 2.74. The van der Waals surface area contributed by atoms with Crippen molar-refractivity contribution in [1.29, 1.82) is 0 Å². The van der Waals surface area contributed by atoms with Crippen LogP contribution in [0.3, 0.4) is 0 Å². The molecule has 1 aromatic rings. The van der Waals surface area contributed by atoms with Crippen molar-refractivity contribution in [3.8, 4) is 5.75 Å². The van der Waals surface area contributed by atoms with E-state index in [-0.39, 0.29) is 17.2 Å². The predicted molar refractivity (Wildman–Crippen MR) is 91.9 cm³/mol. The van der Waals surface area contributed by atoms with E-state index in [0.29, 0.717) is 19.0 Å². The summed E-state index contributed by atoms with van der Waals surface area (Å²) in [5.41, 5.74) is 0.0424. The van der Waals surface area contributed by atoms with Gasteiger partial charge in [0.25, 0.3) is 0 Å². The van der Waals surface area contributed by atoms with Gasteiger partial charge >= 0.3 is 0 Å². The van der Waals surface area contributed by atoms with Crippen LogP contribution in [0.4, 0.5) is 0 Å². The van der Waals surface area contributed by atoms with Gasteiger partial charge in [0, 0.05) is 12.5 Å². The lowest BCUT2D eigenvalue weighted by atomic mass is 9.69. The molecular weight excluding hydrogens is 302 g/mol. The van der Waals surface area contributed by atoms with Crippen molar-refractivity contribution in [2.75, 3.05) is 20.2 Å². The highest BCUT2D eigenvalue weighted by atomic mass is 16.5. The van der Waals surface area contributed by atoms with E-state index < -0.39 is 5.60 Å². The third kappa shape index (κ3) is 2.26. The third-order valence-electron chi connectivity index (χ3n) is 6.69. The Morgan fingerprint density at radius 3 is 2.42 bits per heavy atom. The number of amides is 1. The van der Waals surface area contributed by atoms with Crippen LogP contribution in [0.2, 0.25) is 0 Å². The number of aliphatic hydroxyl groups is 1. The lowest BCUT2D eigenvalue weighted by Crippen LogP contribution is -2.48. The molecule has 2 unspecified atom stereocenters. The standard InChI is InChI=1S/C20H27NO3/c1-14-12-21(13-20(14,23)16-4-3-5-16)18(22)19(10-11-19)15-6-8-17(24-2)9-7-15/h6-9,14,16,23H,3-5,10-13H2,1-2H3. The third-order valence-corrected chi connectivity index (χ3v) is 6.69. The van der Waals surface area contributed by atoms with Crippen LogP contribution < -0.4 is 4.74 Å². The van der Waals surface area contributed by atoms with Gasteiger partial charge in [-0.15, -0.1) is 0 Å². The van der Waals surface area contributed by atoms with Gasteiger partial charge in [-0.2, -0.15) is 0 Å². The number of likely N-dealkylation sites (tertiary alicyclic amines) is 1. The smallest absolute Gasteiger partial charge is 0.233 e. The number of hydrogen-bond acceptors (Lipinski definition) is 3. The van der Waals surface area contributed by atoms with Crippen molar-refractivity contribution in [3.05, 3.63) is 29.8 Å². The van der Waals surface area contributed by atoms with E-state index in [9.17, 15) is 9.90 Å². The maximum absolute atomic E-state index is 13.2. The van der Waals surface area contributed by atoms with Crippen molar-refractivity contribution in [1.82, 2.24) is 4.90 Å². The largest absolute Gasteiger partial charge is 0.497 e. The zero-order chi connectivity index (χ0) is 16.9. The van der Waals surface area contributed by atoms with Crippen LogP contribution in [0.5, 0.6) is 5.75 Å². The summed E-state index contributed by atoms with van der Waals surface area (Å²) in [4.78, 5) is 15.2. The van der Waals surface area contributed by atoms with Gasteiger partial charge in [0.05, 0.1) is 24.7 Å². The Labute approximate surface area is 143 Å². The Morgan fingerprint density at radius 1 is 1.25 bits per heavy atom. The van der Waals surface area contributed by atoms with Crippen LogP contribution in [0, 0.1) is 11.8 Å². The first-order chi connectivity index (χ1) is 11.5. The molecule has 2 aliphatic carbocycles. The first-order valence-corrected chi connectivity index (χ1v) is 9.16. The fourth-order valence-corrected chi connectivity index (χ4v) is 4.57. The summed E-state index contributed by atoms with van der Waals surface area (Å²) < 4.78 is 5.22. The molecule has 2 saturated carbocycles. The van der Waals surface area contributed by atoms with Crippen molar-refractivity contribution in [2.45, 2.75) is 50.0 Å². The van der Waals surface area contributed by atoms with Gasteiger partial charge in [0.1, 0.15) is 5.75 Å². The molecule has 4 heteroatoms. The second kappa shape index (κ2) is 5.48. The van der Waals surface area contributed by atoms with Gasteiger partial charge in [-0.3, -0.25) is 4.79 Å². The number of benzene rings is 1. The van der Waals surface area contributed by atoms with Gasteiger partial charge in [-0.1, -0.05) is 25.5 Å². The summed E-state index contributed by atoms with van der Waals surface area (Å²) >= 11 is 0. The zero-order valence-corrected chi connectivity index (χ0v) is 14.6. The number of nitrogens with zero attached hydrogens (tertiary/aromatic N) is 1. The Balaban J connectivity index is 1.53. The number of β-amino-alcohol motifs (C(OH)–C–C–N with tert-alkyl or cyclic N) is 1. The molecule has 4 rings (SSSR count). The summed E-state index contributed by atoms with van der Waals surface area (Å²) in [6, 6.07) is 7.89. The van der Waals surface area contributed by atoms with E-state index in [1.807, 2.05) is 29.2 Å². The number of carbonyl (C=O) groups is 1. The van der Waals surface area contributed by atoms with Crippen LogP contribution in [-0.4, -0.2) is 41.7 Å². The molecule has 0 spiro atoms. The molecule has 24 heavy (non-hydrogen) atoms. The fraction of sp³-hybridized carbons (Fsp3) is 0.650. The summed E-state index contributed by atoms with van der Waals surface area (Å²) in [7, 11) is 1.65. The molecule has 130 valence electrons. The molecule has 1 heterocycles. The first kappa shape index (κ1) is 15.9. The second-order valence-electron chi connectivity index (χ2n) is 8.02. The molecule has 2 atom stereocenters. The summed E-state index contributed by atoms with van der Waals surface area (Å²) in [6.45, 7) is 3.29. The highest BCUT2D eigenvalue weighted by Gasteiger charge is 2.57. The highest BCUT2D eigenvalue weighted by Crippen LogP contribution is 2.52. The molecule has 1 N–H and O–H groups in total. The maximum atomic E-state index is 13.2. The van der Waals surface area contributed by atoms with Gasteiger partial charge in [-0.05, 0) is 49.3 Å². The monoisotopic (exact) mass is 329 g/mol. The van der Waals surface area contributed by atoms with E-state index in [2.05, 4.69) is 6.92 Å². The topological polar surface area (TPSA) is 49.8 Å². The minimum absolute atomic E-state index is 0.165. The molecule has 0 radical (unpaired) electrons. The molecule has 1 aromatic carbocycles. The maximum Gasteiger partial charge on any atom is 0.233 e. The number of hydrogen-bond donors (Lipinski definition) is 1. The van der Waals surface area contributed by atoms with Gasteiger partial charge in [-0.25, -0.2) is 0 Å². The van der Waals surface area contributed by atoms with E-state index in [4.69, 9.17) is 4.74 Å². The van der Waals surface area contributed by atoms with E-state index >= 15 is 0 Å². The number of carbonyl (C=O) groups excluding carboxylic acids is 1. The van der Waals surface area contributed by atoms with E-state index in [1.54, 1.807) is 7.11 Å². The quantitative estimate of drug-likeness (QED) is 0.924. The minimum Gasteiger partial charge on any atom is -0.497 e. The normalized spacial score (nSPS) is 31.6. The molecule has 1 aliphatic heterocycles. The zero-order valence-electron chi connectivity index (χ0n) is 14.6. The minimum atomic E-state index is -0.677. The van der Waals surface area contributed by atoms with Crippen LogP contribution in [0.1, 0.15) is 44.6 Å². The second-order valence-corrected chi connectivity index (χ2v) is 8.02. The van der Waals surface area contributed by atoms with E-state index in [0.717, 1.165) is 37.0 Å². The van der Waals surface area contributed by atoms with Crippen molar-refractivity contribution < 1.29 is 14.6 Å². The molecule has 1 amide bonds. The average molecular weight is 329 g/mol. The molecular formula is C20H27NO3. The Morgan fingerprint density at radius 2 is 1.92 bits per heavy atom. The van der Waals surface area contributed by atoms with Gasteiger partial charge < -0.3 is 14.7 Å². The highest BCUT2D eigenvalue weighted by molar-refractivity contribution is 5.91. The molecule has 3 fully saturated rings. The molecule has 1 saturated heterocycles. The Hall–Kier alpha value is -1.55. The Kier molecular flexibility index (Phi) is 3.64. The lowest BCUT2D eigenvalue weighted by Gasteiger charge is -2.41. The van der Waals surface area contributed by atoms with Crippen LogP contribution >= 0.6 is 0 Å². The van der Waals surface area contributed by atoms with Gasteiger partial charge in [0.15, 0.2) is 0 Å². The van der Waals surface area contributed by atoms with Gasteiger partial charge in [0.2, 0.25) is 5.91 Å². The van der Waals surface area contributed by atoms with Crippen LogP contribution in [-0.2, 0) is 10.2 Å². The fourth-order valence-electron chi connectivity index (χ4n) is 4.57. The summed E-state index contributed by atoms with van der Waals surface area (Å²) in [5.74, 6) is 1.56. The average Bonchev–Trinajstić information content (AvgIpc) is 3.28. The summed E-state index contributed by atoms with van der Waals surface area (Å²) in [5, 5.41) is 11.1. The number of methoxy groups -OCH3 is 1. The van der Waals surface area contributed by atoms with E-state index in [1.165, 1.54) is 6.42 Å². The number of ether oxygens (including phenoxy) is 1. The molecule has 0 bridgehead atoms. The SMILES string of the molecule is COc1ccc(C2(C(=O)N3CC(C)C(O)(C4CCC4)C3)CC2)cc1. The molecule has 0 aromatic heterocycles. The summed E-state index contributed by atoms with van der Waals surface area (Å²) in [6.07, 6.45) is 5.23. The van der Waals surface area contributed by atoms with Crippen LogP contribution in [0.15, 0.2) is 24.3 Å². The number of rotatable bonds is 4. The lowest BCUT2D eigenvalue weighted by molar-refractivity contribution is -0.135. The van der Waals surface area contributed by atoms with Crippen molar-refractivity contribution in [2.24, 2.45) is 11.8 Å². The Bertz CT molecular complexity index is 633. The van der Waals surface area contributed by atoms with Crippen molar-refractivity contribution >= 4 is 5.91 Å². The van der Waals surface area contributed by atoms with Crippen molar-refractivity contribution in [3.63, 3.8) is 0 Å².